The molecule has 4 nitrogen and oxygen atoms in total. The minimum absolute atomic E-state index is 0.0820. The predicted octanol–water partition coefficient (Wildman–Crippen LogP) is 1.50. The first-order valence-electron chi connectivity index (χ1n) is 6.34. The highest BCUT2D eigenvalue weighted by atomic mass is 16.5. The van der Waals surface area contributed by atoms with Crippen molar-refractivity contribution in [2.45, 2.75) is 25.6 Å². The van der Waals surface area contributed by atoms with Crippen molar-refractivity contribution < 1.29 is 14.3 Å². The molecule has 2 rings (SSSR count). The van der Waals surface area contributed by atoms with Crippen molar-refractivity contribution in [1.29, 1.82) is 0 Å². The normalized spacial score (nSPS) is 18.8. The molecule has 0 saturated carbocycles. The molecule has 18 heavy (non-hydrogen) atoms. The first-order valence-corrected chi connectivity index (χ1v) is 6.34. The maximum Gasteiger partial charge on any atom is 0.246 e. The summed E-state index contributed by atoms with van der Waals surface area (Å²) in [5.41, 5.74) is 1.07. The van der Waals surface area contributed by atoms with Crippen molar-refractivity contribution in [3.8, 4) is 0 Å². The van der Waals surface area contributed by atoms with Gasteiger partial charge >= 0.3 is 0 Å². The minimum atomic E-state index is -0.0820. The third kappa shape index (κ3) is 4.47. The molecule has 1 unspecified atom stereocenters. The summed E-state index contributed by atoms with van der Waals surface area (Å²) in [5.74, 6) is -0.0820. The average Bonchev–Trinajstić information content (AvgIpc) is 2.91. The number of amides is 1. The van der Waals surface area contributed by atoms with Crippen molar-refractivity contribution in [3.05, 3.63) is 35.9 Å². The highest BCUT2D eigenvalue weighted by molar-refractivity contribution is 5.77. The third-order valence-electron chi connectivity index (χ3n) is 2.90. The summed E-state index contributed by atoms with van der Waals surface area (Å²) >= 11 is 0. The van der Waals surface area contributed by atoms with Gasteiger partial charge in [-0.25, -0.2) is 0 Å². The molecule has 1 N–H and O–H groups in total. The maximum absolute atomic E-state index is 11.5. The highest BCUT2D eigenvalue weighted by Crippen LogP contribution is 2.10. The summed E-state index contributed by atoms with van der Waals surface area (Å²) < 4.78 is 10.8. The van der Waals surface area contributed by atoms with Gasteiger partial charge < -0.3 is 14.8 Å². The summed E-state index contributed by atoms with van der Waals surface area (Å²) in [6, 6.07) is 9.82. The smallest absolute Gasteiger partial charge is 0.246 e. The van der Waals surface area contributed by atoms with E-state index in [1.165, 1.54) is 0 Å². The monoisotopic (exact) mass is 249 g/mol. The Labute approximate surface area is 107 Å². The van der Waals surface area contributed by atoms with Crippen LogP contribution < -0.4 is 5.32 Å². The van der Waals surface area contributed by atoms with E-state index in [2.05, 4.69) is 5.32 Å². The van der Waals surface area contributed by atoms with Gasteiger partial charge in [0.15, 0.2) is 0 Å². The van der Waals surface area contributed by atoms with Gasteiger partial charge in [-0.3, -0.25) is 4.79 Å². The quantitative estimate of drug-likeness (QED) is 0.831. The van der Waals surface area contributed by atoms with Crippen LogP contribution in [0.2, 0.25) is 0 Å². The summed E-state index contributed by atoms with van der Waals surface area (Å²) in [7, 11) is 0. The van der Waals surface area contributed by atoms with Gasteiger partial charge in [-0.2, -0.15) is 0 Å². The largest absolute Gasteiger partial charge is 0.376 e. The number of benzene rings is 1. The Morgan fingerprint density at radius 2 is 2.22 bits per heavy atom. The summed E-state index contributed by atoms with van der Waals surface area (Å²) in [5, 5.41) is 2.82. The topological polar surface area (TPSA) is 47.6 Å². The predicted molar refractivity (Wildman–Crippen MR) is 68.1 cm³/mol. The van der Waals surface area contributed by atoms with Gasteiger partial charge in [0.1, 0.15) is 6.61 Å². The van der Waals surface area contributed by atoms with Crippen LogP contribution in [0.5, 0.6) is 0 Å². The molecular weight excluding hydrogens is 230 g/mol. The van der Waals surface area contributed by atoms with E-state index in [0.29, 0.717) is 13.2 Å². The Morgan fingerprint density at radius 1 is 1.39 bits per heavy atom. The zero-order chi connectivity index (χ0) is 12.6. The van der Waals surface area contributed by atoms with E-state index in [1.54, 1.807) is 0 Å². The average molecular weight is 249 g/mol. The Balaban J connectivity index is 1.57. The molecule has 4 heteroatoms. The van der Waals surface area contributed by atoms with Crippen LogP contribution in [0.4, 0.5) is 0 Å². The molecule has 0 aromatic heterocycles. The van der Waals surface area contributed by atoms with Crippen molar-refractivity contribution in [1.82, 2.24) is 5.32 Å². The van der Waals surface area contributed by atoms with E-state index >= 15 is 0 Å². The number of rotatable bonds is 6. The minimum Gasteiger partial charge on any atom is -0.376 e. The summed E-state index contributed by atoms with van der Waals surface area (Å²) in [4.78, 5) is 11.5. The van der Waals surface area contributed by atoms with Gasteiger partial charge in [-0.15, -0.1) is 0 Å². The fraction of sp³-hybridized carbons (Fsp3) is 0.500. The van der Waals surface area contributed by atoms with Crippen LogP contribution >= 0.6 is 0 Å². The molecule has 0 bridgehead atoms. The van der Waals surface area contributed by atoms with E-state index in [9.17, 15) is 4.79 Å². The van der Waals surface area contributed by atoms with Crippen molar-refractivity contribution >= 4 is 5.91 Å². The first-order chi connectivity index (χ1) is 8.84. The maximum atomic E-state index is 11.5. The molecule has 98 valence electrons. The number of carbonyl (C=O) groups is 1. The number of carbonyl (C=O) groups excluding carboxylic acids is 1. The Bertz CT molecular complexity index is 361. The van der Waals surface area contributed by atoms with Crippen molar-refractivity contribution in [2.75, 3.05) is 19.8 Å². The molecule has 0 aliphatic carbocycles. The standard InChI is InChI=1S/C14H19NO3/c16-14(15-9-13-7-4-8-18-13)11-17-10-12-5-2-1-3-6-12/h1-3,5-6,13H,4,7-11H2,(H,15,16). The Hall–Kier alpha value is -1.39. The lowest BCUT2D eigenvalue weighted by molar-refractivity contribution is -0.126. The van der Waals surface area contributed by atoms with Crippen LogP contribution in [0.1, 0.15) is 18.4 Å². The second-order valence-corrected chi connectivity index (χ2v) is 4.42. The van der Waals surface area contributed by atoms with E-state index in [-0.39, 0.29) is 18.6 Å². The molecule has 0 radical (unpaired) electrons. The second-order valence-electron chi connectivity index (χ2n) is 4.42. The Morgan fingerprint density at radius 3 is 2.94 bits per heavy atom. The summed E-state index contributed by atoms with van der Waals surface area (Å²) in [6.45, 7) is 1.97. The summed E-state index contributed by atoms with van der Waals surface area (Å²) in [6.07, 6.45) is 2.30. The van der Waals surface area contributed by atoms with Gasteiger partial charge in [0.05, 0.1) is 12.7 Å². The van der Waals surface area contributed by atoms with E-state index < -0.39 is 0 Å². The van der Waals surface area contributed by atoms with E-state index in [4.69, 9.17) is 9.47 Å². The van der Waals surface area contributed by atoms with Crippen LogP contribution in [-0.2, 0) is 20.9 Å². The van der Waals surface area contributed by atoms with E-state index in [1.807, 2.05) is 30.3 Å². The fourth-order valence-corrected chi connectivity index (χ4v) is 1.92. The fourth-order valence-electron chi connectivity index (χ4n) is 1.92. The number of hydrogen-bond donors (Lipinski definition) is 1. The molecule has 0 spiro atoms. The second kappa shape index (κ2) is 7.13. The van der Waals surface area contributed by atoms with Gasteiger partial charge in [-0.1, -0.05) is 30.3 Å². The van der Waals surface area contributed by atoms with Gasteiger partial charge in [0.2, 0.25) is 5.91 Å². The molecule has 1 amide bonds. The van der Waals surface area contributed by atoms with E-state index in [0.717, 1.165) is 25.0 Å². The molecule has 1 saturated heterocycles. The zero-order valence-corrected chi connectivity index (χ0v) is 10.4. The number of nitrogens with one attached hydrogen (secondary N) is 1. The van der Waals surface area contributed by atoms with Crippen LogP contribution in [0.15, 0.2) is 30.3 Å². The molecule has 1 aromatic rings. The molecule has 1 fully saturated rings. The van der Waals surface area contributed by atoms with Gasteiger partial charge in [-0.05, 0) is 18.4 Å². The van der Waals surface area contributed by atoms with Crippen LogP contribution in [-0.4, -0.2) is 31.8 Å². The van der Waals surface area contributed by atoms with Gasteiger partial charge in [0, 0.05) is 13.2 Å². The molecule has 1 atom stereocenters. The molecule has 1 aliphatic rings. The number of ether oxygens (including phenoxy) is 2. The SMILES string of the molecule is O=C(COCc1ccccc1)NCC1CCCO1. The first kappa shape index (κ1) is 13.1. The van der Waals surface area contributed by atoms with Crippen LogP contribution in [0.3, 0.4) is 0 Å². The zero-order valence-electron chi connectivity index (χ0n) is 10.4. The molecule has 1 aliphatic heterocycles. The Kier molecular flexibility index (Phi) is 5.17. The van der Waals surface area contributed by atoms with Gasteiger partial charge in [0.25, 0.3) is 0 Å². The number of hydrogen-bond acceptors (Lipinski definition) is 3. The lowest BCUT2D eigenvalue weighted by Gasteiger charge is -2.10. The molecular formula is C14H19NO3. The van der Waals surface area contributed by atoms with Crippen molar-refractivity contribution in [2.24, 2.45) is 0 Å². The van der Waals surface area contributed by atoms with Crippen LogP contribution in [0.25, 0.3) is 0 Å². The highest BCUT2D eigenvalue weighted by Gasteiger charge is 2.15. The lowest BCUT2D eigenvalue weighted by atomic mass is 10.2. The molecule has 1 aromatic carbocycles. The van der Waals surface area contributed by atoms with Crippen LogP contribution in [0, 0.1) is 0 Å². The van der Waals surface area contributed by atoms with Crippen molar-refractivity contribution in [3.63, 3.8) is 0 Å². The third-order valence-corrected chi connectivity index (χ3v) is 2.90. The molecule has 1 heterocycles. The lowest BCUT2D eigenvalue weighted by Crippen LogP contribution is -2.34.